The Bertz CT molecular complexity index is 972. The van der Waals surface area contributed by atoms with Gasteiger partial charge in [0.15, 0.2) is 11.4 Å². The van der Waals surface area contributed by atoms with Gasteiger partial charge in [-0.05, 0) is 26.0 Å². The van der Waals surface area contributed by atoms with Gasteiger partial charge in [-0.15, -0.1) is 0 Å². The van der Waals surface area contributed by atoms with Crippen molar-refractivity contribution in [2.75, 3.05) is 13.2 Å². The van der Waals surface area contributed by atoms with Gasteiger partial charge in [-0.2, -0.15) is 0 Å². The number of nitrogens with one attached hydrogen (secondary N) is 2. The Labute approximate surface area is 193 Å². The highest BCUT2D eigenvalue weighted by atomic mass is 16.7. The Morgan fingerprint density at radius 1 is 0.818 bits per heavy atom. The third-order valence-electron chi connectivity index (χ3n) is 5.84. The molecule has 2 N–H and O–H groups in total. The Balaban J connectivity index is 1.90. The fourth-order valence-corrected chi connectivity index (χ4v) is 3.87. The lowest BCUT2D eigenvalue weighted by Crippen LogP contribution is -2.62. The highest BCUT2D eigenvalue weighted by Gasteiger charge is 2.60. The molecule has 2 aromatic rings. The van der Waals surface area contributed by atoms with Gasteiger partial charge in [0.1, 0.15) is 12.2 Å². The van der Waals surface area contributed by atoms with Crippen LogP contribution in [0.1, 0.15) is 22.3 Å². The zero-order valence-electron chi connectivity index (χ0n) is 18.8. The van der Waals surface area contributed by atoms with Crippen LogP contribution in [0.4, 0.5) is 0 Å². The van der Waals surface area contributed by atoms with Crippen molar-refractivity contribution in [1.29, 1.82) is 0 Å². The number of rotatable bonds is 10. The SMILES string of the molecule is C=CC(=O)NC(OC(NC(=O)C=C)(c1ccc(C)cc1)C1CO1)(c1ccc(C)cc1)C1CO1. The second-order valence-electron chi connectivity index (χ2n) is 8.34. The summed E-state index contributed by atoms with van der Waals surface area (Å²) in [5.74, 6) is -0.869. The van der Waals surface area contributed by atoms with Crippen LogP contribution in [0.15, 0.2) is 73.8 Å². The molecule has 4 unspecified atom stereocenters. The van der Waals surface area contributed by atoms with Crippen LogP contribution in [0.2, 0.25) is 0 Å². The van der Waals surface area contributed by atoms with Crippen LogP contribution in [0.5, 0.6) is 0 Å². The van der Waals surface area contributed by atoms with E-state index in [0.717, 1.165) is 11.1 Å². The van der Waals surface area contributed by atoms with E-state index < -0.39 is 35.5 Å². The van der Waals surface area contributed by atoms with Gasteiger partial charge in [-0.3, -0.25) is 9.59 Å². The van der Waals surface area contributed by atoms with Crippen LogP contribution in [-0.2, 0) is 35.2 Å². The molecule has 0 saturated carbocycles. The van der Waals surface area contributed by atoms with Gasteiger partial charge < -0.3 is 24.8 Å². The molecule has 172 valence electrons. The summed E-state index contributed by atoms with van der Waals surface area (Å²) in [6, 6.07) is 15.2. The maximum absolute atomic E-state index is 12.6. The number of epoxide rings is 2. The zero-order valence-corrected chi connectivity index (χ0v) is 18.8. The number of hydrogen-bond acceptors (Lipinski definition) is 5. The number of aryl methyl sites for hydroxylation is 2. The third kappa shape index (κ3) is 4.61. The van der Waals surface area contributed by atoms with Crippen LogP contribution in [-0.4, -0.2) is 37.2 Å². The number of ether oxygens (including phenoxy) is 3. The smallest absolute Gasteiger partial charge is 0.245 e. The van der Waals surface area contributed by atoms with Gasteiger partial charge in [0.05, 0.1) is 13.2 Å². The van der Waals surface area contributed by atoms with Crippen molar-refractivity contribution in [3.63, 3.8) is 0 Å². The first-order valence-corrected chi connectivity index (χ1v) is 10.8. The van der Waals surface area contributed by atoms with Crippen molar-refractivity contribution in [2.45, 2.75) is 37.5 Å². The molecule has 2 aromatic carbocycles. The van der Waals surface area contributed by atoms with E-state index in [1.54, 1.807) is 0 Å². The van der Waals surface area contributed by atoms with Crippen molar-refractivity contribution in [3.05, 3.63) is 96.1 Å². The van der Waals surface area contributed by atoms with E-state index in [-0.39, 0.29) is 0 Å². The predicted octanol–water partition coefficient (Wildman–Crippen LogP) is 2.73. The van der Waals surface area contributed by atoms with Crippen molar-refractivity contribution in [2.24, 2.45) is 0 Å². The summed E-state index contributed by atoms with van der Waals surface area (Å²) < 4.78 is 18.2. The van der Waals surface area contributed by atoms with E-state index in [4.69, 9.17) is 14.2 Å². The van der Waals surface area contributed by atoms with Crippen LogP contribution in [0.3, 0.4) is 0 Å². The Morgan fingerprint density at radius 3 is 1.42 bits per heavy atom. The lowest BCUT2D eigenvalue weighted by Gasteiger charge is -2.44. The van der Waals surface area contributed by atoms with Gasteiger partial charge >= 0.3 is 0 Å². The maximum atomic E-state index is 12.6. The molecular formula is C26H28N2O5. The summed E-state index contributed by atoms with van der Waals surface area (Å²) in [4.78, 5) is 25.3. The molecule has 33 heavy (non-hydrogen) atoms. The van der Waals surface area contributed by atoms with Gasteiger partial charge in [-0.1, -0.05) is 72.8 Å². The Morgan fingerprint density at radius 2 is 1.15 bits per heavy atom. The first-order chi connectivity index (χ1) is 15.8. The molecule has 2 amide bonds. The van der Waals surface area contributed by atoms with E-state index in [1.807, 2.05) is 62.4 Å². The zero-order chi connectivity index (χ0) is 23.6. The Kier molecular flexibility index (Phi) is 6.21. The van der Waals surface area contributed by atoms with Crippen molar-refractivity contribution in [3.8, 4) is 0 Å². The minimum Gasteiger partial charge on any atom is -0.367 e. The lowest BCUT2D eigenvalue weighted by molar-refractivity contribution is -0.217. The second-order valence-corrected chi connectivity index (χ2v) is 8.34. The highest BCUT2D eigenvalue weighted by molar-refractivity contribution is 5.88. The van der Waals surface area contributed by atoms with E-state index in [2.05, 4.69) is 23.8 Å². The fraction of sp³-hybridized carbons (Fsp3) is 0.308. The number of amides is 2. The van der Waals surface area contributed by atoms with Crippen LogP contribution < -0.4 is 10.6 Å². The molecule has 7 heteroatoms. The average molecular weight is 449 g/mol. The summed E-state index contributed by atoms with van der Waals surface area (Å²) in [6.45, 7) is 11.9. The van der Waals surface area contributed by atoms with Crippen LogP contribution in [0, 0.1) is 13.8 Å². The van der Waals surface area contributed by atoms with E-state index >= 15 is 0 Å². The van der Waals surface area contributed by atoms with Gasteiger partial charge in [0, 0.05) is 11.1 Å². The molecule has 2 aliphatic rings. The highest BCUT2D eigenvalue weighted by Crippen LogP contribution is 2.45. The van der Waals surface area contributed by atoms with Crippen LogP contribution >= 0.6 is 0 Å². The topological polar surface area (TPSA) is 92.5 Å². The molecule has 4 atom stereocenters. The molecular weight excluding hydrogens is 420 g/mol. The summed E-state index contributed by atoms with van der Waals surface area (Å²) >= 11 is 0. The summed E-state index contributed by atoms with van der Waals surface area (Å²) in [7, 11) is 0. The van der Waals surface area contributed by atoms with Crippen LogP contribution in [0.25, 0.3) is 0 Å². The quantitative estimate of drug-likeness (QED) is 0.331. The molecule has 0 aliphatic carbocycles. The summed E-state index contributed by atoms with van der Waals surface area (Å²) in [6.07, 6.45) is 1.40. The molecule has 0 bridgehead atoms. The molecule has 2 fully saturated rings. The molecule has 2 saturated heterocycles. The molecule has 0 spiro atoms. The predicted molar refractivity (Wildman–Crippen MR) is 123 cm³/mol. The van der Waals surface area contributed by atoms with Gasteiger partial charge in [0.25, 0.3) is 0 Å². The molecule has 0 aromatic heterocycles. The third-order valence-corrected chi connectivity index (χ3v) is 5.84. The molecule has 2 aliphatic heterocycles. The maximum Gasteiger partial charge on any atom is 0.245 e. The monoisotopic (exact) mass is 448 g/mol. The lowest BCUT2D eigenvalue weighted by atomic mass is 9.93. The first-order valence-electron chi connectivity index (χ1n) is 10.8. The standard InChI is InChI=1S/C26H28N2O5/c1-5-23(29)27-25(21-15-31-21,19-11-7-17(3)8-12-19)33-26(22-16-32-22,28-24(30)6-2)20-13-9-18(4)10-14-20/h5-14,21-22H,1-2,15-16H2,3-4H3,(H,27,29)(H,28,30). The number of hydrogen-bond donors (Lipinski definition) is 2. The molecule has 2 heterocycles. The Hall–Kier alpha value is -3.26. The molecule has 7 nitrogen and oxygen atoms in total. The van der Waals surface area contributed by atoms with Crippen molar-refractivity contribution in [1.82, 2.24) is 10.6 Å². The van der Waals surface area contributed by atoms with Crippen molar-refractivity contribution < 1.29 is 23.8 Å². The van der Waals surface area contributed by atoms with Gasteiger partial charge in [0.2, 0.25) is 11.8 Å². The van der Waals surface area contributed by atoms with E-state index in [1.165, 1.54) is 12.2 Å². The van der Waals surface area contributed by atoms with Gasteiger partial charge in [-0.25, -0.2) is 0 Å². The number of benzene rings is 2. The van der Waals surface area contributed by atoms with E-state index in [9.17, 15) is 9.59 Å². The second kappa shape index (κ2) is 8.94. The van der Waals surface area contributed by atoms with E-state index in [0.29, 0.717) is 24.3 Å². The summed E-state index contributed by atoms with van der Waals surface area (Å²) in [5, 5.41) is 5.90. The minimum atomic E-state index is -1.41. The summed E-state index contributed by atoms with van der Waals surface area (Å²) in [5.41, 5.74) is 0.630. The minimum absolute atomic E-state index is 0.371. The first kappa shape index (κ1) is 22.9. The fourth-order valence-electron chi connectivity index (χ4n) is 3.87. The van der Waals surface area contributed by atoms with Crippen molar-refractivity contribution >= 4 is 11.8 Å². The number of carbonyl (C=O) groups excluding carboxylic acids is 2. The largest absolute Gasteiger partial charge is 0.367 e. The number of carbonyl (C=O) groups is 2. The normalized spacial score (nSPS) is 22.2. The molecule has 4 rings (SSSR count). The molecule has 0 radical (unpaired) electrons. The average Bonchev–Trinajstić information content (AvgIpc) is 3.71.